The van der Waals surface area contributed by atoms with Gasteiger partial charge in [-0.2, -0.15) is 5.26 Å². The van der Waals surface area contributed by atoms with E-state index in [1.54, 1.807) is 0 Å². The Hall–Kier alpha value is -3.35. The summed E-state index contributed by atoms with van der Waals surface area (Å²) in [5.41, 5.74) is 6.33. The predicted octanol–water partition coefficient (Wildman–Crippen LogP) is 8.63. The molecule has 1 aromatic heterocycles. The molecule has 2 nitrogen and oxygen atoms in total. The van der Waals surface area contributed by atoms with Crippen molar-refractivity contribution >= 4 is 44.1 Å². The third-order valence-electron chi connectivity index (χ3n) is 7.71. The molecule has 36 heavy (non-hydrogen) atoms. The fourth-order valence-corrected chi connectivity index (χ4v) is 7.54. The maximum Gasteiger partial charge on any atom is 0.222 e. The number of aromatic nitrogens is 1. The number of hydrogen-bond acceptors (Lipinski definition) is 2. The number of nitrogens with zero attached hydrogens (tertiary/aromatic N) is 2. The molecule has 1 aliphatic rings. The lowest BCUT2D eigenvalue weighted by atomic mass is 9.85. The standard InChI is InChI=1S/C33H31N2S/c1-19(2)28-24-10-8-7-9-23(24)20(3)29-31-30-25(13-14-35(31)6)26-15-21(17-33(4,5)18-34)11-12-22(26)16-27(30)36-32(28)29/h7-16,19H,17H2,1-6H3/q+1. The van der Waals surface area contributed by atoms with Crippen LogP contribution in [-0.4, -0.2) is 0 Å². The van der Waals surface area contributed by atoms with Crippen molar-refractivity contribution in [2.45, 2.75) is 56.7 Å². The highest BCUT2D eigenvalue weighted by Crippen LogP contribution is 2.53. The molecule has 0 radical (unpaired) electrons. The lowest BCUT2D eigenvalue weighted by Crippen LogP contribution is -2.32. The van der Waals surface area contributed by atoms with Gasteiger partial charge in [0.1, 0.15) is 7.05 Å². The average molecular weight is 488 g/mol. The highest BCUT2D eigenvalue weighted by atomic mass is 32.2. The van der Waals surface area contributed by atoms with E-state index >= 15 is 0 Å². The zero-order chi connectivity index (χ0) is 25.4. The van der Waals surface area contributed by atoms with E-state index in [4.69, 9.17) is 0 Å². The number of benzene rings is 4. The van der Waals surface area contributed by atoms with E-state index in [1.807, 2.05) is 25.6 Å². The van der Waals surface area contributed by atoms with Crippen LogP contribution in [0.25, 0.3) is 43.6 Å². The van der Waals surface area contributed by atoms with Gasteiger partial charge in [0.15, 0.2) is 6.20 Å². The van der Waals surface area contributed by atoms with Crippen LogP contribution in [0.15, 0.2) is 70.6 Å². The molecule has 2 heterocycles. The lowest BCUT2D eigenvalue weighted by Gasteiger charge is -2.26. The molecular formula is C33H31N2S+. The van der Waals surface area contributed by atoms with E-state index < -0.39 is 0 Å². The summed E-state index contributed by atoms with van der Waals surface area (Å²) in [6, 6.07) is 22.8. The Labute approximate surface area is 217 Å². The van der Waals surface area contributed by atoms with Crippen molar-refractivity contribution in [3.8, 4) is 17.3 Å². The van der Waals surface area contributed by atoms with Crippen molar-refractivity contribution < 1.29 is 4.57 Å². The van der Waals surface area contributed by atoms with Crippen molar-refractivity contribution in [3.63, 3.8) is 0 Å². The highest BCUT2D eigenvalue weighted by molar-refractivity contribution is 8.00. The van der Waals surface area contributed by atoms with E-state index in [9.17, 15) is 5.26 Å². The Morgan fingerprint density at radius 1 is 0.972 bits per heavy atom. The maximum absolute atomic E-state index is 9.58. The van der Waals surface area contributed by atoms with Gasteiger partial charge in [-0.05, 0) is 77.4 Å². The summed E-state index contributed by atoms with van der Waals surface area (Å²) in [5.74, 6) is 0.425. The summed E-state index contributed by atoms with van der Waals surface area (Å²) >= 11 is 1.94. The summed E-state index contributed by atoms with van der Waals surface area (Å²) in [4.78, 5) is 2.74. The average Bonchev–Trinajstić information content (AvgIpc) is 2.85. The molecular weight excluding hydrogens is 456 g/mol. The van der Waals surface area contributed by atoms with Gasteiger partial charge in [0.25, 0.3) is 0 Å². The monoisotopic (exact) mass is 487 g/mol. The number of fused-ring (bicyclic) bond motifs is 5. The van der Waals surface area contributed by atoms with Gasteiger partial charge in [0.05, 0.1) is 22.4 Å². The number of aryl methyl sites for hydroxylation is 2. The molecule has 0 aliphatic carbocycles. The number of nitriles is 1. The molecule has 0 bridgehead atoms. The van der Waals surface area contributed by atoms with Crippen molar-refractivity contribution in [3.05, 3.63) is 77.5 Å². The topological polar surface area (TPSA) is 27.7 Å². The third kappa shape index (κ3) is 3.35. The molecule has 4 aromatic carbocycles. The second-order valence-corrected chi connectivity index (χ2v) is 12.3. The van der Waals surface area contributed by atoms with Crippen LogP contribution in [0.5, 0.6) is 0 Å². The highest BCUT2D eigenvalue weighted by Gasteiger charge is 2.33. The Bertz CT molecular complexity index is 1770. The van der Waals surface area contributed by atoms with Gasteiger partial charge in [-0.25, -0.2) is 4.57 Å². The fourth-order valence-electron chi connectivity index (χ4n) is 6.02. The van der Waals surface area contributed by atoms with Gasteiger partial charge < -0.3 is 0 Å². The van der Waals surface area contributed by atoms with Crippen LogP contribution in [0.4, 0.5) is 0 Å². The Morgan fingerprint density at radius 3 is 2.44 bits per heavy atom. The van der Waals surface area contributed by atoms with Gasteiger partial charge in [0, 0.05) is 21.2 Å². The first-order valence-electron chi connectivity index (χ1n) is 12.7. The van der Waals surface area contributed by atoms with Crippen LogP contribution < -0.4 is 4.57 Å². The summed E-state index contributed by atoms with van der Waals surface area (Å²) in [7, 11) is 2.18. The predicted molar refractivity (Wildman–Crippen MR) is 152 cm³/mol. The molecule has 0 spiro atoms. The smallest absolute Gasteiger partial charge is 0.200 e. The molecule has 6 rings (SSSR count). The van der Waals surface area contributed by atoms with Crippen LogP contribution >= 0.6 is 11.8 Å². The second-order valence-electron chi connectivity index (χ2n) is 11.2. The van der Waals surface area contributed by atoms with E-state index in [0.717, 1.165) is 6.42 Å². The van der Waals surface area contributed by atoms with Crippen molar-refractivity contribution in [1.29, 1.82) is 5.26 Å². The molecule has 0 fully saturated rings. The summed E-state index contributed by atoms with van der Waals surface area (Å²) in [6.45, 7) is 11.0. The van der Waals surface area contributed by atoms with Gasteiger partial charge in [-0.3, -0.25) is 0 Å². The Kier molecular flexibility index (Phi) is 5.18. The zero-order valence-corrected chi connectivity index (χ0v) is 22.7. The zero-order valence-electron chi connectivity index (χ0n) is 21.9. The molecule has 0 atom stereocenters. The molecule has 1 aliphatic heterocycles. The molecule has 0 N–H and O–H groups in total. The summed E-state index contributed by atoms with van der Waals surface area (Å²) < 4.78 is 2.31. The Morgan fingerprint density at radius 2 is 1.72 bits per heavy atom. The van der Waals surface area contributed by atoms with Gasteiger partial charge in [0.2, 0.25) is 5.69 Å². The Balaban J connectivity index is 1.73. The number of rotatable bonds is 3. The third-order valence-corrected chi connectivity index (χ3v) is 8.88. The van der Waals surface area contributed by atoms with Crippen molar-refractivity contribution in [1.82, 2.24) is 0 Å². The molecule has 0 amide bonds. The van der Waals surface area contributed by atoms with E-state index in [1.165, 1.54) is 70.1 Å². The van der Waals surface area contributed by atoms with E-state index in [2.05, 4.69) is 99.2 Å². The minimum atomic E-state index is -0.382. The minimum Gasteiger partial charge on any atom is -0.200 e. The van der Waals surface area contributed by atoms with Crippen LogP contribution in [-0.2, 0) is 13.5 Å². The lowest BCUT2D eigenvalue weighted by molar-refractivity contribution is -0.659. The minimum absolute atomic E-state index is 0.382. The summed E-state index contributed by atoms with van der Waals surface area (Å²) in [6.07, 6.45) is 2.97. The van der Waals surface area contributed by atoms with Gasteiger partial charge in [-0.1, -0.05) is 68.1 Å². The van der Waals surface area contributed by atoms with Crippen LogP contribution in [0.3, 0.4) is 0 Å². The first-order chi connectivity index (χ1) is 17.2. The summed E-state index contributed by atoms with van der Waals surface area (Å²) in [5, 5.41) is 17.5. The van der Waals surface area contributed by atoms with Crippen LogP contribution in [0, 0.1) is 23.7 Å². The molecule has 3 heteroatoms. The molecule has 5 aromatic rings. The SMILES string of the molecule is Cc1c2c(c(C(C)C)c3ccccc13)Sc1cc3ccc(CC(C)(C)C#N)cc3c3cc[n+](C)c-2c13. The quantitative estimate of drug-likeness (QED) is 0.185. The maximum atomic E-state index is 9.58. The second kappa shape index (κ2) is 8.08. The van der Waals surface area contributed by atoms with E-state index in [-0.39, 0.29) is 5.41 Å². The fraction of sp³-hybridized carbons (Fsp3) is 0.273. The molecule has 178 valence electrons. The van der Waals surface area contributed by atoms with Crippen molar-refractivity contribution in [2.75, 3.05) is 0 Å². The van der Waals surface area contributed by atoms with Gasteiger partial charge in [-0.15, -0.1) is 0 Å². The largest absolute Gasteiger partial charge is 0.222 e. The number of pyridine rings is 1. The molecule has 0 saturated heterocycles. The first-order valence-corrected chi connectivity index (χ1v) is 13.5. The van der Waals surface area contributed by atoms with Gasteiger partial charge >= 0.3 is 0 Å². The normalized spacial score (nSPS) is 12.9. The van der Waals surface area contributed by atoms with Crippen LogP contribution in [0.2, 0.25) is 0 Å². The van der Waals surface area contributed by atoms with Crippen LogP contribution in [0.1, 0.15) is 50.3 Å². The first kappa shape index (κ1) is 23.1. The van der Waals surface area contributed by atoms with Crippen molar-refractivity contribution in [2.24, 2.45) is 12.5 Å². The molecule has 0 unspecified atom stereocenters. The molecule has 0 saturated carbocycles. The number of hydrogen-bond donors (Lipinski definition) is 0. The van der Waals surface area contributed by atoms with E-state index in [0.29, 0.717) is 5.92 Å².